The molecule has 1 aliphatic rings. The first-order chi connectivity index (χ1) is 10.1. The van der Waals surface area contributed by atoms with Gasteiger partial charge in [-0.2, -0.15) is 0 Å². The van der Waals surface area contributed by atoms with Crippen LogP contribution in [0.1, 0.15) is 45.0 Å². The van der Waals surface area contributed by atoms with E-state index < -0.39 is 0 Å². The Bertz CT molecular complexity index is 448. The van der Waals surface area contributed by atoms with Crippen molar-refractivity contribution in [1.29, 1.82) is 0 Å². The molecule has 4 heteroatoms. The maximum atomic E-state index is 6.02. The van der Waals surface area contributed by atoms with Gasteiger partial charge < -0.3 is 14.8 Å². The molecule has 0 radical (unpaired) electrons. The van der Waals surface area contributed by atoms with Gasteiger partial charge >= 0.3 is 0 Å². The topological polar surface area (TPSA) is 43.4 Å². The molecule has 0 aliphatic carbocycles. The van der Waals surface area contributed by atoms with Gasteiger partial charge in [-0.25, -0.2) is 0 Å². The Hall–Kier alpha value is -1.13. The van der Waals surface area contributed by atoms with Crippen LogP contribution >= 0.6 is 0 Å². The summed E-state index contributed by atoms with van der Waals surface area (Å²) in [5.74, 6) is 0.899. The fraction of sp³-hybridized carbons (Fsp3) is 0.706. The summed E-state index contributed by atoms with van der Waals surface area (Å²) in [5, 5.41) is 3.43. The quantitative estimate of drug-likeness (QED) is 0.839. The van der Waals surface area contributed by atoms with Crippen LogP contribution in [0, 0.1) is 6.92 Å². The average Bonchev–Trinajstić information content (AvgIpc) is 2.91. The van der Waals surface area contributed by atoms with Gasteiger partial charge in [-0.1, -0.05) is 20.8 Å². The number of nitrogens with one attached hydrogen (secondary N) is 1. The molecule has 1 aliphatic heterocycles. The molecule has 118 valence electrons. The first-order valence-electron chi connectivity index (χ1n) is 8.06. The van der Waals surface area contributed by atoms with Crippen LogP contribution in [0.4, 0.5) is 0 Å². The van der Waals surface area contributed by atoms with E-state index in [4.69, 9.17) is 9.47 Å². The minimum Gasteiger partial charge on any atom is -0.489 e. The minimum atomic E-state index is 0.204. The summed E-state index contributed by atoms with van der Waals surface area (Å²) in [6, 6.07) is 4.53. The van der Waals surface area contributed by atoms with Crippen molar-refractivity contribution < 1.29 is 9.47 Å². The number of aromatic nitrogens is 1. The predicted molar refractivity (Wildman–Crippen MR) is 84.9 cm³/mol. The lowest BCUT2D eigenvalue weighted by Crippen LogP contribution is -2.32. The standard InChI is InChI=1S/C17H28N2O2/c1-5-16-17(9-6-13(4)19-16)20-11-15-8-7-14(21-15)10-18-12(2)3/h6,9,12,14-15,18H,5,7-8,10-11H2,1-4H3. The molecule has 0 bridgehead atoms. The van der Waals surface area contributed by atoms with E-state index in [9.17, 15) is 0 Å². The fourth-order valence-corrected chi connectivity index (χ4v) is 2.59. The zero-order valence-corrected chi connectivity index (χ0v) is 13.7. The normalized spacial score (nSPS) is 22.0. The number of pyridine rings is 1. The van der Waals surface area contributed by atoms with Crippen LogP contribution in [-0.4, -0.2) is 36.4 Å². The Balaban J connectivity index is 1.79. The maximum Gasteiger partial charge on any atom is 0.140 e. The highest BCUT2D eigenvalue weighted by molar-refractivity contribution is 5.29. The smallest absolute Gasteiger partial charge is 0.140 e. The molecule has 1 aromatic heterocycles. The van der Waals surface area contributed by atoms with Crippen molar-refractivity contribution in [2.24, 2.45) is 0 Å². The lowest BCUT2D eigenvalue weighted by Gasteiger charge is -2.17. The molecule has 1 N–H and O–H groups in total. The van der Waals surface area contributed by atoms with Gasteiger partial charge in [0, 0.05) is 18.3 Å². The van der Waals surface area contributed by atoms with Crippen LogP contribution in [0.15, 0.2) is 12.1 Å². The highest BCUT2D eigenvalue weighted by Crippen LogP contribution is 2.22. The Morgan fingerprint density at radius 3 is 2.81 bits per heavy atom. The highest BCUT2D eigenvalue weighted by Gasteiger charge is 2.25. The van der Waals surface area contributed by atoms with Gasteiger partial charge in [0.2, 0.25) is 0 Å². The molecule has 2 heterocycles. The average molecular weight is 292 g/mol. The number of rotatable bonds is 7. The number of hydrogen-bond acceptors (Lipinski definition) is 4. The van der Waals surface area contributed by atoms with Gasteiger partial charge in [0.05, 0.1) is 17.9 Å². The molecule has 1 aromatic rings. The number of nitrogens with zero attached hydrogens (tertiary/aromatic N) is 1. The van der Waals surface area contributed by atoms with Gasteiger partial charge in [0.15, 0.2) is 0 Å². The van der Waals surface area contributed by atoms with E-state index >= 15 is 0 Å². The summed E-state index contributed by atoms with van der Waals surface area (Å²) >= 11 is 0. The van der Waals surface area contributed by atoms with E-state index in [-0.39, 0.29) is 6.10 Å². The van der Waals surface area contributed by atoms with E-state index in [1.807, 2.05) is 19.1 Å². The second kappa shape index (κ2) is 7.76. The number of aryl methyl sites for hydroxylation is 2. The van der Waals surface area contributed by atoms with Crippen molar-refractivity contribution in [1.82, 2.24) is 10.3 Å². The Morgan fingerprint density at radius 1 is 1.33 bits per heavy atom. The van der Waals surface area contributed by atoms with Crippen molar-refractivity contribution in [3.63, 3.8) is 0 Å². The minimum absolute atomic E-state index is 0.204. The molecule has 2 atom stereocenters. The fourth-order valence-electron chi connectivity index (χ4n) is 2.59. The lowest BCUT2D eigenvalue weighted by molar-refractivity contribution is 0.0176. The van der Waals surface area contributed by atoms with Crippen LogP contribution in [0.5, 0.6) is 5.75 Å². The summed E-state index contributed by atoms with van der Waals surface area (Å²) in [6.07, 6.45) is 3.60. The summed E-state index contributed by atoms with van der Waals surface area (Å²) < 4.78 is 12.0. The monoisotopic (exact) mass is 292 g/mol. The van der Waals surface area contributed by atoms with Crippen LogP contribution in [0.25, 0.3) is 0 Å². The van der Waals surface area contributed by atoms with Crippen molar-refractivity contribution in [3.8, 4) is 5.75 Å². The summed E-state index contributed by atoms with van der Waals surface area (Å²) in [6.45, 7) is 9.98. The second-order valence-electron chi connectivity index (χ2n) is 6.08. The molecule has 0 spiro atoms. The Kier molecular flexibility index (Phi) is 6.00. The molecule has 4 nitrogen and oxygen atoms in total. The maximum absolute atomic E-state index is 6.02. The molecule has 0 aromatic carbocycles. The van der Waals surface area contributed by atoms with Crippen LogP contribution in [0.2, 0.25) is 0 Å². The van der Waals surface area contributed by atoms with E-state index in [0.717, 1.165) is 42.9 Å². The zero-order valence-electron chi connectivity index (χ0n) is 13.7. The first kappa shape index (κ1) is 16.2. The molecule has 21 heavy (non-hydrogen) atoms. The molecular formula is C17H28N2O2. The molecule has 0 amide bonds. The highest BCUT2D eigenvalue weighted by atomic mass is 16.5. The third-order valence-electron chi connectivity index (χ3n) is 3.78. The largest absolute Gasteiger partial charge is 0.489 e. The Labute approximate surface area is 128 Å². The van der Waals surface area contributed by atoms with E-state index in [1.165, 1.54) is 0 Å². The van der Waals surface area contributed by atoms with Gasteiger partial charge in [-0.3, -0.25) is 4.98 Å². The Morgan fingerprint density at radius 2 is 2.10 bits per heavy atom. The van der Waals surface area contributed by atoms with E-state index in [2.05, 4.69) is 31.1 Å². The van der Waals surface area contributed by atoms with Gasteiger partial charge in [-0.15, -0.1) is 0 Å². The number of ether oxygens (including phenoxy) is 2. The SMILES string of the molecule is CCc1nc(C)ccc1OCC1CCC(CNC(C)C)O1. The van der Waals surface area contributed by atoms with Crippen molar-refractivity contribution >= 4 is 0 Å². The summed E-state index contributed by atoms with van der Waals surface area (Å²) in [5.41, 5.74) is 2.07. The van der Waals surface area contributed by atoms with Crippen LogP contribution < -0.4 is 10.1 Å². The van der Waals surface area contributed by atoms with Crippen LogP contribution in [0.3, 0.4) is 0 Å². The van der Waals surface area contributed by atoms with E-state index in [0.29, 0.717) is 18.8 Å². The summed E-state index contributed by atoms with van der Waals surface area (Å²) in [7, 11) is 0. The molecule has 2 unspecified atom stereocenters. The molecule has 0 saturated carbocycles. The van der Waals surface area contributed by atoms with Gasteiger partial charge in [-0.05, 0) is 38.3 Å². The summed E-state index contributed by atoms with van der Waals surface area (Å²) in [4.78, 5) is 4.52. The molecule has 1 saturated heterocycles. The number of hydrogen-bond donors (Lipinski definition) is 1. The first-order valence-corrected chi connectivity index (χ1v) is 8.06. The van der Waals surface area contributed by atoms with Crippen molar-refractivity contribution in [2.75, 3.05) is 13.2 Å². The predicted octanol–water partition coefficient (Wildman–Crippen LogP) is 2.88. The molecule has 1 fully saturated rings. The van der Waals surface area contributed by atoms with Crippen LogP contribution in [-0.2, 0) is 11.2 Å². The van der Waals surface area contributed by atoms with E-state index in [1.54, 1.807) is 0 Å². The third kappa shape index (κ3) is 4.97. The third-order valence-corrected chi connectivity index (χ3v) is 3.78. The molecule has 2 rings (SSSR count). The van der Waals surface area contributed by atoms with Crippen molar-refractivity contribution in [3.05, 3.63) is 23.5 Å². The zero-order chi connectivity index (χ0) is 15.2. The lowest BCUT2D eigenvalue weighted by atomic mass is 10.2. The molecular weight excluding hydrogens is 264 g/mol. The van der Waals surface area contributed by atoms with Gasteiger partial charge in [0.25, 0.3) is 0 Å². The van der Waals surface area contributed by atoms with Crippen molar-refractivity contribution in [2.45, 2.75) is 65.2 Å². The second-order valence-corrected chi connectivity index (χ2v) is 6.08. The van der Waals surface area contributed by atoms with Gasteiger partial charge in [0.1, 0.15) is 12.4 Å².